The van der Waals surface area contributed by atoms with Crippen molar-refractivity contribution < 1.29 is 43.9 Å². The topological polar surface area (TPSA) is 160 Å². The highest BCUT2D eigenvalue weighted by Gasteiger charge is 2.48. The van der Waals surface area contributed by atoms with E-state index in [0.717, 1.165) is 49.6 Å². The number of hydrogen-bond acceptors (Lipinski definition) is 6. The molecule has 0 atom stereocenters. The molecule has 37 heavy (non-hydrogen) atoms. The van der Waals surface area contributed by atoms with E-state index in [2.05, 4.69) is 30.9 Å². The Morgan fingerprint density at radius 2 is 1.68 bits per heavy atom. The van der Waals surface area contributed by atoms with Crippen LogP contribution in [0.4, 0.5) is 4.39 Å². The molecule has 2 aliphatic rings. The number of rotatable bonds is 7. The molecule has 0 amide bonds. The van der Waals surface area contributed by atoms with Gasteiger partial charge < -0.3 is 35.0 Å². The first-order chi connectivity index (χ1) is 17.3. The van der Waals surface area contributed by atoms with Gasteiger partial charge in [0.2, 0.25) is 0 Å². The number of aromatic amines is 1. The third-order valence-corrected chi connectivity index (χ3v) is 7.93. The first kappa shape index (κ1) is 28.5. The van der Waals surface area contributed by atoms with Gasteiger partial charge in [-0.2, -0.15) is 0 Å². The van der Waals surface area contributed by atoms with Crippen molar-refractivity contribution >= 4 is 28.8 Å². The minimum Gasteiger partial charge on any atom is -0.481 e. The summed E-state index contributed by atoms with van der Waals surface area (Å²) in [6.07, 6.45) is 4.08. The lowest BCUT2D eigenvalue weighted by Gasteiger charge is -2.50. The van der Waals surface area contributed by atoms with Gasteiger partial charge in [0.1, 0.15) is 11.4 Å². The molecule has 1 fully saturated rings. The summed E-state index contributed by atoms with van der Waals surface area (Å²) in [5.41, 5.74) is 0.841. The van der Waals surface area contributed by atoms with E-state index in [-0.39, 0.29) is 17.0 Å². The Balaban J connectivity index is 0.000000251. The number of H-pyrrole nitrogens is 1. The minimum absolute atomic E-state index is 0.161. The largest absolute Gasteiger partial charge is 0.481 e. The zero-order valence-electron chi connectivity index (χ0n) is 21.3. The Hall–Kier alpha value is -3.02. The van der Waals surface area contributed by atoms with Crippen LogP contribution in [0.1, 0.15) is 63.1 Å². The highest BCUT2D eigenvalue weighted by molar-refractivity contribution is 5.88. The lowest BCUT2D eigenvalue weighted by atomic mass is 9.69. The Morgan fingerprint density at radius 3 is 2.16 bits per heavy atom. The lowest BCUT2D eigenvalue weighted by Crippen LogP contribution is -2.51. The van der Waals surface area contributed by atoms with Gasteiger partial charge in [0.25, 0.3) is 0 Å². The summed E-state index contributed by atoms with van der Waals surface area (Å²) in [5, 5.41) is 34.8. The van der Waals surface area contributed by atoms with Gasteiger partial charge in [-0.3, -0.25) is 9.59 Å². The monoisotopic (exact) mass is 522 g/mol. The van der Waals surface area contributed by atoms with Crippen LogP contribution in [-0.2, 0) is 31.1 Å². The molecule has 5 N–H and O–H groups in total. The molecule has 1 aromatic heterocycles. The Morgan fingerprint density at radius 1 is 1.08 bits per heavy atom. The van der Waals surface area contributed by atoms with Crippen LogP contribution in [0.25, 0.3) is 10.9 Å². The maximum atomic E-state index is 13.7. The SMILES string of the molecule is CCC1(N(C)C)CCC2(CC1)OCCc1c2[nH]c2ccc(F)cc12.O=C(O)CC(O)(CC(=O)O)C(=O)O. The fourth-order valence-electron chi connectivity index (χ4n) is 5.63. The van der Waals surface area contributed by atoms with Gasteiger partial charge in [-0.25, -0.2) is 9.18 Å². The highest BCUT2D eigenvalue weighted by Crippen LogP contribution is 2.50. The van der Waals surface area contributed by atoms with Crippen molar-refractivity contribution in [3.63, 3.8) is 0 Å². The summed E-state index contributed by atoms with van der Waals surface area (Å²) in [7, 11) is 4.39. The normalized spacial score (nSPS) is 23.4. The smallest absolute Gasteiger partial charge is 0.336 e. The van der Waals surface area contributed by atoms with Crippen LogP contribution >= 0.6 is 0 Å². The maximum Gasteiger partial charge on any atom is 0.336 e. The van der Waals surface area contributed by atoms with Crippen LogP contribution in [0.3, 0.4) is 0 Å². The predicted octanol–water partition coefficient (Wildman–Crippen LogP) is 3.11. The summed E-state index contributed by atoms with van der Waals surface area (Å²) in [6, 6.07) is 5.06. The summed E-state index contributed by atoms with van der Waals surface area (Å²) in [5.74, 6) is -5.18. The molecular weight excluding hydrogens is 487 g/mol. The molecule has 0 unspecified atom stereocenters. The minimum atomic E-state index is -2.74. The number of aromatic nitrogens is 1. The molecule has 1 aromatic carbocycles. The number of benzene rings is 1. The van der Waals surface area contributed by atoms with Crippen LogP contribution in [0.15, 0.2) is 18.2 Å². The van der Waals surface area contributed by atoms with Crippen LogP contribution in [0.2, 0.25) is 0 Å². The highest BCUT2D eigenvalue weighted by atomic mass is 19.1. The molecule has 11 heteroatoms. The molecule has 0 saturated heterocycles. The average Bonchev–Trinajstić information content (AvgIpc) is 3.18. The molecule has 2 heterocycles. The van der Waals surface area contributed by atoms with Crippen molar-refractivity contribution in [1.29, 1.82) is 0 Å². The number of hydrogen-bond donors (Lipinski definition) is 5. The van der Waals surface area contributed by atoms with Crippen LogP contribution in [-0.4, -0.2) is 80.1 Å². The molecule has 0 bridgehead atoms. The number of nitrogens with one attached hydrogen (secondary N) is 1. The molecule has 1 spiro atoms. The first-order valence-corrected chi connectivity index (χ1v) is 12.3. The second kappa shape index (κ2) is 10.8. The number of fused-ring (bicyclic) bond motifs is 4. The van der Waals surface area contributed by atoms with Crippen molar-refractivity contribution in [2.45, 2.75) is 75.0 Å². The van der Waals surface area contributed by atoms with Crippen molar-refractivity contribution in [1.82, 2.24) is 9.88 Å². The summed E-state index contributed by atoms with van der Waals surface area (Å²) in [6.45, 7) is 3.02. The number of ether oxygens (including phenoxy) is 1. The van der Waals surface area contributed by atoms with Gasteiger partial charge in [0, 0.05) is 16.4 Å². The van der Waals surface area contributed by atoms with Gasteiger partial charge in [-0.1, -0.05) is 6.92 Å². The van der Waals surface area contributed by atoms with Crippen molar-refractivity contribution in [3.05, 3.63) is 35.3 Å². The van der Waals surface area contributed by atoms with E-state index < -0.39 is 36.4 Å². The number of aliphatic hydroxyl groups is 1. The summed E-state index contributed by atoms with van der Waals surface area (Å²) in [4.78, 5) is 36.5. The number of carboxylic acid groups (broad SMARTS) is 3. The van der Waals surface area contributed by atoms with E-state index in [1.807, 2.05) is 6.07 Å². The fourth-order valence-corrected chi connectivity index (χ4v) is 5.63. The van der Waals surface area contributed by atoms with Gasteiger partial charge in [-0.15, -0.1) is 0 Å². The Labute approximate surface area is 214 Å². The molecule has 0 radical (unpaired) electrons. The molecular formula is C26H35FN2O8. The number of nitrogens with zero attached hydrogens (tertiary/aromatic N) is 1. The molecule has 1 aliphatic carbocycles. The molecule has 204 valence electrons. The van der Waals surface area contributed by atoms with Crippen LogP contribution in [0, 0.1) is 5.82 Å². The molecule has 2 aromatic rings. The molecule has 10 nitrogen and oxygen atoms in total. The van der Waals surface area contributed by atoms with Gasteiger partial charge in [0.05, 0.1) is 25.1 Å². The van der Waals surface area contributed by atoms with E-state index in [0.29, 0.717) is 0 Å². The van der Waals surface area contributed by atoms with Gasteiger partial charge >= 0.3 is 17.9 Å². The van der Waals surface area contributed by atoms with Crippen LogP contribution < -0.4 is 0 Å². The summed E-state index contributed by atoms with van der Waals surface area (Å²) < 4.78 is 20.1. The summed E-state index contributed by atoms with van der Waals surface area (Å²) >= 11 is 0. The Kier molecular flexibility index (Phi) is 8.31. The second-order valence-corrected chi connectivity index (χ2v) is 10.2. The first-order valence-electron chi connectivity index (χ1n) is 12.3. The molecule has 1 aliphatic heterocycles. The second-order valence-electron chi connectivity index (χ2n) is 10.2. The standard InChI is InChI=1S/C20H27FN2O.C6H8O7/c1-4-19(23(2)3)8-10-20(11-9-19)18-15(7-12-24-20)16-13-14(21)5-6-17(16)22-18;7-3(8)1-6(13,5(11)12)2-4(9)10/h5-6,13,22H,4,7-12H2,1-3H3;13H,1-2H2,(H,7,8)(H,9,10)(H,11,12). The van der Waals surface area contributed by atoms with Gasteiger partial charge in [-0.05, 0) is 76.4 Å². The van der Waals surface area contributed by atoms with Gasteiger partial charge in [0.15, 0.2) is 5.60 Å². The number of aliphatic carboxylic acids is 3. The van der Waals surface area contributed by atoms with Crippen molar-refractivity contribution in [3.8, 4) is 0 Å². The molecule has 4 rings (SSSR count). The quantitative estimate of drug-likeness (QED) is 0.368. The van der Waals surface area contributed by atoms with E-state index in [1.165, 1.54) is 23.7 Å². The van der Waals surface area contributed by atoms with E-state index in [4.69, 9.17) is 25.2 Å². The van der Waals surface area contributed by atoms with E-state index in [1.54, 1.807) is 6.07 Å². The zero-order valence-corrected chi connectivity index (χ0v) is 21.3. The number of carboxylic acids is 3. The van der Waals surface area contributed by atoms with Crippen molar-refractivity contribution in [2.24, 2.45) is 0 Å². The molecule has 1 saturated carbocycles. The fraction of sp³-hybridized carbons (Fsp3) is 0.577. The van der Waals surface area contributed by atoms with Crippen molar-refractivity contribution in [2.75, 3.05) is 20.7 Å². The predicted molar refractivity (Wildman–Crippen MR) is 132 cm³/mol. The number of carbonyl (C=O) groups is 3. The zero-order chi connectivity index (χ0) is 27.6. The average molecular weight is 523 g/mol. The Bertz CT molecular complexity index is 1150. The number of halogens is 1. The maximum absolute atomic E-state index is 13.7. The third kappa shape index (κ3) is 5.78. The van der Waals surface area contributed by atoms with E-state index in [9.17, 15) is 18.8 Å². The van der Waals surface area contributed by atoms with Crippen LogP contribution in [0.5, 0.6) is 0 Å². The van der Waals surface area contributed by atoms with E-state index >= 15 is 0 Å². The lowest BCUT2D eigenvalue weighted by molar-refractivity contribution is -0.170. The third-order valence-electron chi connectivity index (χ3n) is 7.93.